The highest BCUT2D eigenvalue weighted by Gasteiger charge is 2.20. The molecule has 0 N–H and O–H groups in total. The molecule has 4 heteroatoms. The molecule has 0 bridgehead atoms. The summed E-state index contributed by atoms with van der Waals surface area (Å²) in [6.45, 7) is 7.45. The van der Waals surface area contributed by atoms with Crippen LogP contribution in [0.25, 0.3) is 0 Å². The molecule has 0 aliphatic carbocycles. The quantitative estimate of drug-likeness (QED) is 0.856. The van der Waals surface area contributed by atoms with Crippen LogP contribution in [-0.4, -0.2) is 36.3 Å². The highest BCUT2D eigenvalue weighted by molar-refractivity contribution is 5.83. The SMILES string of the molecule is Cc1cc(OCC(=O)N2CCC(=O)CC2)ccc1C(C)C. The predicted octanol–water partition coefficient (Wildman–Crippen LogP) is 2.69. The van der Waals surface area contributed by atoms with E-state index in [0.29, 0.717) is 31.8 Å². The second-order valence-corrected chi connectivity index (χ2v) is 5.88. The molecule has 0 aromatic heterocycles. The number of rotatable bonds is 4. The lowest BCUT2D eigenvalue weighted by atomic mass is 9.98. The average molecular weight is 289 g/mol. The fourth-order valence-electron chi connectivity index (χ4n) is 2.63. The topological polar surface area (TPSA) is 46.6 Å². The molecule has 0 spiro atoms. The van der Waals surface area contributed by atoms with Gasteiger partial charge in [-0.2, -0.15) is 0 Å². The van der Waals surface area contributed by atoms with E-state index in [9.17, 15) is 9.59 Å². The van der Waals surface area contributed by atoms with Gasteiger partial charge in [0, 0.05) is 25.9 Å². The van der Waals surface area contributed by atoms with E-state index in [-0.39, 0.29) is 18.3 Å². The van der Waals surface area contributed by atoms with Crippen LogP contribution in [0.3, 0.4) is 0 Å². The third-order valence-electron chi connectivity index (χ3n) is 3.90. The lowest BCUT2D eigenvalue weighted by Crippen LogP contribution is -2.41. The minimum Gasteiger partial charge on any atom is -0.484 e. The molecule has 0 saturated carbocycles. The molecule has 2 rings (SSSR count). The third-order valence-corrected chi connectivity index (χ3v) is 3.90. The molecule has 1 heterocycles. The number of Topliss-reactive ketones (excluding diaryl/α,β-unsaturated/α-hetero) is 1. The summed E-state index contributed by atoms with van der Waals surface area (Å²) < 4.78 is 5.59. The zero-order chi connectivity index (χ0) is 15.4. The zero-order valence-corrected chi connectivity index (χ0v) is 13.0. The number of likely N-dealkylation sites (tertiary alicyclic amines) is 1. The van der Waals surface area contributed by atoms with Crippen molar-refractivity contribution in [3.63, 3.8) is 0 Å². The number of piperidine rings is 1. The highest BCUT2D eigenvalue weighted by atomic mass is 16.5. The summed E-state index contributed by atoms with van der Waals surface area (Å²) in [6, 6.07) is 5.94. The number of ketones is 1. The van der Waals surface area contributed by atoms with Crippen molar-refractivity contribution in [3.05, 3.63) is 29.3 Å². The predicted molar refractivity (Wildman–Crippen MR) is 81.6 cm³/mol. The summed E-state index contributed by atoms with van der Waals surface area (Å²) in [5.41, 5.74) is 2.47. The van der Waals surface area contributed by atoms with E-state index in [0.717, 1.165) is 5.75 Å². The van der Waals surface area contributed by atoms with Crippen LogP contribution in [0, 0.1) is 6.92 Å². The van der Waals surface area contributed by atoms with Crippen molar-refractivity contribution in [2.24, 2.45) is 0 Å². The van der Waals surface area contributed by atoms with Gasteiger partial charge in [-0.1, -0.05) is 19.9 Å². The Morgan fingerprint density at radius 2 is 1.95 bits per heavy atom. The molecule has 4 nitrogen and oxygen atoms in total. The minimum atomic E-state index is -0.0481. The van der Waals surface area contributed by atoms with Crippen molar-refractivity contribution in [1.82, 2.24) is 4.90 Å². The lowest BCUT2D eigenvalue weighted by Gasteiger charge is -2.26. The molecule has 21 heavy (non-hydrogen) atoms. The Labute approximate surface area is 126 Å². The van der Waals surface area contributed by atoms with Crippen LogP contribution in [0.15, 0.2) is 18.2 Å². The second kappa shape index (κ2) is 6.74. The van der Waals surface area contributed by atoms with Crippen LogP contribution >= 0.6 is 0 Å². The van der Waals surface area contributed by atoms with Crippen LogP contribution in [0.4, 0.5) is 0 Å². The van der Waals surface area contributed by atoms with Crippen molar-refractivity contribution in [2.45, 2.75) is 39.5 Å². The van der Waals surface area contributed by atoms with E-state index >= 15 is 0 Å². The Bertz CT molecular complexity index is 527. The first-order chi connectivity index (χ1) is 9.97. The van der Waals surface area contributed by atoms with E-state index in [1.165, 1.54) is 11.1 Å². The van der Waals surface area contributed by atoms with Gasteiger partial charge in [0.2, 0.25) is 0 Å². The van der Waals surface area contributed by atoms with Crippen LogP contribution in [0.5, 0.6) is 5.75 Å². The van der Waals surface area contributed by atoms with Gasteiger partial charge < -0.3 is 9.64 Å². The van der Waals surface area contributed by atoms with Gasteiger partial charge in [0.1, 0.15) is 11.5 Å². The normalized spacial score (nSPS) is 15.4. The molecule has 1 aliphatic rings. The molecule has 0 radical (unpaired) electrons. The maximum absolute atomic E-state index is 12.0. The molecule has 114 valence electrons. The van der Waals surface area contributed by atoms with Gasteiger partial charge in [-0.3, -0.25) is 9.59 Å². The van der Waals surface area contributed by atoms with E-state index in [1.54, 1.807) is 4.90 Å². The van der Waals surface area contributed by atoms with E-state index in [4.69, 9.17) is 4.74 Å². The first kappa shape index (κ1) is 15.5. The summed E-state index contributed by atoms with van der Waals surface area (Å²) in [5.74, 6) is 1.39. The summed E-state index contributed by atoms with van der Waals surface area (Å²) >= 11 is 0. The van der Waals surface area contributed by atoms with Gasteiger partial charge in [-0.15, -0.1) is 0 Å². The van der Waals surface area contributed by atoms with Crippen LogP contribution in [0.2, 0.25) is 0 Å². The maximum Gasteiger partial charge on any atom is 0.260 e. The van der Waals surface area contributed by atoms with Crippen molar-refractivity contribution in [2.75, 3.05) is 19.7 Å². The Morgan fingerprint density at radius 3 is 2.52 bits per heavy atom. The van der Waals surface area contributed by atoms with Crippen LogP contribution in [0.1, 0.15) is 43.7 Å². The monoisotopic (exact) mass is 289 g/mol. The molecule has 1 aliphatic heterocycles. The first-order valence-corrected chi connectivity index (χ1v) is 7.50. The molecule has 0 atom stereocenters. The first-order valence-electron chi connectivity index (χ1n) is 7.50. The Hall–Kier alpha value is -1.84. The fraction of sp³-hybridized carbons (Fsp3) is 0.529. The number of carbonyl (C=O) groups is 2. The van der Waals surface area contributed by atoms with Gasteiger partial charge in [0.25, 0.3) is 5.91 Å². The van der Waals surface area contributed by atoms with Crippen LogP contribution < -0.4 is 4.74 Å². The summed E-state index contributed by atoms with van der Waals surface area (Å²) in [5, 5.41) is 0. The molecule has 1 fully saturated rings. The van der Waals surface area contributed by atoms with Crippen LogP contribution in [-0.2, 0) is 9.59 Å². The Morgan fingerprint density at radius 1 is 1.29 bits per heavy atom. The molecular weight excluding hydrogens is 266 g/mol. The van der Waals surface area contributed by atoms with Crippen molar-refractivity contribution >= 4 is 11.7 Å². The number of carbonyl (C=O) groups excluding carboxylic acids is 2. The van der Waals surface area contributed by atoms with Crippen molar-refractivity contribution < 1.29 is 14.3 Å². The highest BCUT2D eigenvalue weighted by Crippen LogP contribution is 2.23. The molecule has 0 unspecified atom stereocenters. The summed E-state index contributed by atoms with van der Waals surface area (Å²) in [6.07, 6.45) is 0.932. The standard InChI is InChI=1S/C17H23NO3/c1-12(2)16-5-4-15(10-13(16)3)21-11-17(20)18-8-6-14(19)7-9-18/h4-5,10,12H,6-9,11H2,1-3H3. The number of nitrogens with zero attached hydrogens (tertiary/aromatic N) is 1. The molecule has 1 aromatic carbocycles. The van der Waals surface area contributed by atoms with Gasteiger partial charge >= 0.3 is 0 Å². The number of benzene rings is 1. The fourth-order valence-corrected chi connectivity index (χ4v) is 2.63. The van der Waals surface area contributed by atoms with E-state index in [2.05, 4.69) is 26.8 Å². The van der Waals surface area contributed by atoms with Gasteiger partial charge in [-0.05, 0) is 36.1 Å². The summed E-state index contributed by atoms with van der Waals surface area (Å²) in [7, 11) is 0. The lowest BCUT2D eigenvalue weighted by molar-refractivity contribution is -0.136. The number of hydrogen-bond acceptors (Lipinski definition) is 3. The number of hydrogen-bond donors (Lipinski definition) is 0. The molecule has 1 aromatic rings. The number of aryl methyl sites for hydroxylation is 1. The molecule has 1 amide bonds. The third kappa shape index (κ3) is 4.06. The van der Waals surface area contributed by atoms with E-state index in [1.807, 2.05) is 12.1 Å². The van der Waals surface area contributed by atoms with Gasteiger partial charge in [-0.25, -0.2) is 0 Å². The summed E-state index contributed by atoms with van der Waals surface area (Å²) in [4.78, 5) is 24.9. The molecule has 1 saturated heterocycles. The zero-order valence-electron chi connectivity index (χ0n) is 13.0. The Balaban J connectivity index is 1.89. The number of ether oxygens (including phenoxy) is 1. The van der Waals surface area contributed by atoms with Crippen molar-refractivity contribution in [3.8, 4) is 5.75 Å². The largest absolute Gasteiger partial charge is 0.484 e. The molecular formula is C17H23NO3. The van der Waals surface area contributed by atoms with Crippen molar-refractivity contribution in [1.29, 1.82) is 0 Å². The smallest absolute Gasteiger partial charge is 0.260 e. The Kier molecular flexibility index (Phi) is 4.99. The minimum absolute atomic E-state index is 0.0364. The van der Waals surface area contributed by atoms with Gasteiger partial charge in [0.15, 0.2) is 6.61 Å². The maximum atomic E-state index is 12.0. The van der Waals surface area contributed by atoms with E-state index < -0.39 is 0 Å². The average Bonchev–Trinajstić information content (AvgIpc) is 2.45. The second-order valence-electron chi connectivity index (χ2n) is 5.88. The number of amides is 1. The van der Waals surface area contributed by atoms with Gasteiger partial charge in [0.05, 0.1) is 0 Å².